The van der Waals surface area contributed by atoms with Gasteiger partial charge >= 0.3 is 11.9 Å². The van der Waals surface area contributed by atoms with Crippen LogP contribution in [0.25, 0.3) is 0 Å². The van der Waals surface area contributed by atoms with E-state index in [9.17, 15) is 14.7 Å². The lowest BCUT2D eigenvalue weighted by Crippen LogP contribution is -2.28. The largest absolute Gasteiger partial charge is 0.462 e. The van der Waals surface area contributed by atoms with E-state index in [0.29, 0.717) is 12.8 Å². The molecule has 0 aliphatic heterocycles. The summed E-state index contributed by atoms with van der Waals surface area (Å²) in [4.78, 5) is 24.6. The van der Waals surface area contributed by atoms with Crippen LogP contribution < -0.4 is 0 Å². The van der Waals surface area contributed by atoms with Crippen molar-refractivity contribution in [2.75, 3.05) is 13.2 Å². The van der Waals surface area contributed by atoms with E-state index in [1.54, 1.807) is 0 Å². The van der Waals surface area contributed by atoms with Gasteiger partial charge in [-0.25, -0.2) is 0 Å². The molecule has 0 heterocycles. The first kappa shape index (κ1) is 75.8. The van der Waals surface area contributed by atoms with E-state index in [1.807, 2.05) is 0 Å². The number of aliphatic hydroxyl groups excluding tert-OH is 1. The molecule has 454 valence electrons. The summed E-state index contributed by atoms with van der Waals surface area (Å²) < 4.78 is 10.7. The zero-order valence-corrected chi connectivity index (χ0v) is 52.0. The topological polar surface area (TPSA) is 72.8 Å². The second-order valence-corrected chi connectivity index (χ2v) is 21.8. The molecule has 0 aromatic rings. The van der Waals surface area contributed by atoms with Crippen LogP contribution in [-0.2, 0) is 19.1 Å². The lowest BCUT2D eigenvalue weighted by molar-refractivity contribution is -0.161. The second kappa shape index (κ2) is 69.1. The fourth-order valence-electron chi connectivity index (χ4n) is 9.21. The number of allylic oxidation sites excluding steroid dienone is 24. The number of hydrogen-bond acceptors (Lipinski definition) is 5. The fraction of sp³-hybridized carbons (Fsp3) is 0.653. The molecule has 0 aliphatic carbocycles. The third-order valence-electron chi connectivity index (χ3n) is 14.1. The van der Waals surface area contributed by atoms with Crippen LogP contribution in [0.5, 0.6) is 0 Å². The van der Waals surface area contributed by atoms with Crippen LogP contribution >= 0.6 is 0 Å². The predicted octanol–water partition coefficient (Wildman–Crippen LogP) is 23.3. The van der Waals surface area contributed by atoms with Gasteiger partial charge in [0.15, 0.2) is 6.10 Å². The molecule has 1 atom stereocenters. The zero-order valence-electron chi connectivity index (χ0n) is 52.0. The Labute approximate surface area is 495 Å². The zero-order chi connectivity index (χ0) is 57.6. The van der Waals surface area contributed by atoms with Crippen LogP contribution in [0.2, 0.25) is 0 Å². The average molecular weight is 1110 g/mol. The van der Waals surface area contributed by atoms with Gasteiger partial charge in [0, 0.05) is 12.8 Å². The molecule has 80 heavy (non-hydrogen) atoms. The lowest BCUT2D eigenvalue weighted by atomic mass is 10.0. The monoisotopic (exact) mass is 1100 g/mol. The maximum absolute atomic E-state index is 12.4. The summed E-state index contributed by atoms with van der Waals surface area (Å²) in [5.74, 6) is -0.605. The standard InChI is InChI=1S/C75H124O5/c1-3-5-7-9-11-13-15-17-19-21-23-25-27-29-30-31-32-33-34-35-36-37-38-39-40-41-42-43-44-46-48-50-52-54-56-58-60-62-64-66-68-70-75(78)80-73(71-76)72-79-74(77)69-67-65-63-61-59-57-55-53-51-49-47-45-28-26-24-22-20-18-16-14-12-10-8-6-4-2/h5-8,11-14,17-20,23-26,29-30,32-33,45,47,51,53,73,76H,3-4,9-10,15-16,21-22,27-28,31,34-44,46,48-50,52,54-72H2,1-2H3/b7-5-,8-6-,13-11-,14-12-,19-17-,20-18-,25-23-,26-24-,30-29-,33-32-,47-45-,53-51-. The Balaban J connectivity index is 3.49. The highest BCUT2D eigenvalue weighted by atomic mass is 16.6. The summed E-state index contributed by atoms with van der Waals surface area (Å²) in [6, 6.07) is 0. The maximum Gasteiger partial charge on any atom is 0.306 e. The van der Waals surface area contributed by atoms with Crippen molar-refractivity contribution < 1.29 is 24.2 Å². The molecule has 0 saturated carbocycles. The smallest absolute Gasteiger partial charge is 0.306 e. The van der Waals surface area contributed by atoms with Gasteiger partial charge in [-0.05, 0) is 116 Å². The van der Waals surface area contributed by atoms with Gasteiger partial charge in [-0.1, -0.05) is 314 Å². The highest BCUT2D eigenvalue weighted by molar-refractivity contribution is 5.70. The van der Waals surface area contributed by atoms with E-state index in [0.717, 1.165) is 122 Å². The van der Waals surface area contributed by atoms with Crippen molar-refractivity contribution in [1.29, 1.82) is 0 Å². The molecule has 0 radical (unpaired) electrons. The molecular weight excluding hydrogens is 981 g/mol. The number of ether oxygens (including phenoxy) is 2. The number of carbonyl (C=O) groups is 2. The molecule has 0 saturated heterocycles. The number of unbranched alkanes of at least 4 members (excludes halogenated alkanes) is 28. The average Bonchev–Trinajstić information content (AvgIpc) is 3.46. The molecule has 0 amide bonds. The number of carbonyl (C=O) groups excluding carboxylic acids is 2. The normalized spacial score (nSPS) is 13.2. The molecule has 1 unspecified atom stereocenters. The third-order valence-corrected chi connectivity index (χ3v) is 14.1. The van der Waals surface area contributed by atoms with Crippen LogP contribution in [0, 0.1) is 0 Å². The minimum atomic E-state index is -0.787. The van der Waals surface area contributed by atoms with Crippen molar-refractivity contribution in [3.8, 4) is 0 Å². The Bertz CT molecular complexity index is 1680. The van der Waals surface area contributed by atoms with Crippen LogP contribution in [0.4, 0.5) is 0 Å². The van der Waals surface area contributed by atoms with Gasteiger partial charge in [0.2, 0.25) is 0 Å². The molecule has 0 rings (SSSR count). The van der Waals surface area contributed by atoms with Crippen molar-refractivity contribution in [3.05, 3.63) is 146 Å². The molecule has 0 bridgehead atoms. The minimum Gasteiger partial charge on any atom is -0.462 e. The Hall–Kier alpha value is -4.22. The molecular formula is C75H124O5. The number of esters is 2. The van der Waals surface area contributed by atoms with Crippen LogP contribution in [0.15, 0.2) is 146 Å². The summed E-state index contributed by atoms with van der Waals surface area (Å²) in [6.45, 7) is 3.91. The van der Waals surface area contributed by atoms with Gasteiger partial charge in [-0.2, -0.15) is 0 Å². The highest BCUT2D eigenvalue weighted by Gasteiger charge is 2.16. The molecule has 0 aliphatic rings. The van der Waals surface area contributed by atoms with Crippen molar-refractivity contribution in [3.63, 3.8) is 0 Å². The number of aliphatic hydroxyl groups is 1. The summed E-state index contributed by atoms with van der Waals surface area (Å²) >= 11 is 0. The van der Waals surface area contributed by atoms with Gasteiger partial charge in [-0.3, -0.25) is 9.59 Å². The Morgan fingerprint density at radius 2 is 0.500 bits per heavy atom. The van der Waals surface area contributed by atoms with Crippen LogP contribution in [0.1, 0.15) is 296 Å². The lowest BCUT2D eigenvalue weighted by Gasteiger charge is -2.15. The van der Waals surface area contributed by atoms with Crippen molar-refractivity contribution >= 4 is 11.9 Å². The van der Waals surface area contributed by atoms with Gasteiger partial charge in [0.05, 0.1) is 6.61 Å². The molecule has 5 nitrogen and oxygen atoms in total. The van der Waals surface area contributed by atoms with Crippen LogP contribution in [0.3, 0.4) is 0 Å². The first-order valence-electron chi connectivity index (χ1n) is 33.4. The van der Waals surface area contributed by atoms with Gasteiger partial charge in [0.25, 0.3) is 0 Å². The van der Waals surface area contributed by atoms with E-state index < -0.39 is 6.10 Å². The van der Waals surface area contributed by atoms with E-state index in [-0.39, 0.29) is 25.2 Å². The Kier molecular flexibility index (Phi) is 65.4. The SMILES string of the molecule is CC/C=C\C/C=C\C/C=C\C/C=C\C/C=C\C/C=C\CCCCCCCCCCCCCCCCCCCCCCCCC(=O)OC(CO)COC(=O)CCCCCCCC/C=C\C/C=C\C/C=C\C/C=C\C/C=C\C/C=C\CC. The quantitative estimate of drug-likeness (QED) is 0.0373. The number of hydrogen-bond donors (Lipinski definition) is 1. The Morgan fingerprint density at radius 3 is 0.750 bits per heavy atom. The first-order valence-corrected chi connectivity index (χ1v) is 33.4. The highest BCUT2D eigenvalue weighted by Crippen LogP contribution is 2.17. The van der Waals surface area contributed by atoms with E-state index in [4.69, 9.17) is 9.47 Å². The van der Waals surface area contributed by atoms with Gasteiger partial charge in [0.1, 0.15) is 6.61 Å². The summed E-state index contributed by atoms with van der Waals surface area (Å²) in [5.41, 5.74) is 0. The molecule has 0 aromatic heterocycles. The van der Waals surface area contributed by atoms with Gasteiger partial charge < -0.3 is 14.6 Å². The summed E-state index contributed by atoms with van der Waals surface area (Å²) in [6.07, 6.45) is 104. The molecule has 1 N–H and O–H groups in total. The third kappa shape index (κ3) is 66.3. The van der Waals surface area contributed by atoms with Crippen LogP contribution in [-0.4, -0.2) is 36.4 Å². The van der Waals surface area contributed by atoms with E-state index in [1.165, 1.54) is 148 Å². The number of rotatable bonds is 60. The molecule has 0 fully saturated rings. The van der Waals surface area contributed by atoms with Gasteiger partial charge in [-0.15, -0.1) is 0 Å². The molecule has 5 heteroatoms. The summed E-state index contributed by atoms with van der Waals surface area (Å²) in [5, 5.41) is 9.69. The van der Waals surface area contributed by atoms with Crippen molar-refractivity contribution in [2.24, 2.45) is 0 Å². The van der Waals surface area contributed by atoms with E-state index >= 15 is 0 Å². The maximum atomic E-state index is 12.4. The predicted molar refractivity (Wildman–Crippen MR) is 352 cm³/mol. The summed E-state index contributed by atoms with van der Waals surface area (Å²) in [7, 11) is 0. The second-order valence-electron chi connectivity index (χ2n) is 21.8. The van der Waals surface area contributed by atoms with Crippen molar-refractivity contribution in [2.45, 2.75) is 302 Å². The van der Waals surface area contributed by atoms with Crippen molar-refractivity contribution in [1.82, 2.24) is 0 Å². The fourth-order valence-corrected chi connectivity index (χ4v) is 9.21. The first-order chi connectivity index (χ1) is 39.6. The van der Waals surface area contributed by atoms with E-state index in [2.05, 4.69) is 160 Å². The Morgan fingerprint density at radius 1 is 0.287 bits per heavy atom. The molecule has 0 spiro atoms. The minimum absolute atomic E-state index is 0.0786. The molecule has 0 aromatic carbocycles.